The summed E-state index contributed by atoms with van der Waals surface area (Å²) < 4.78 is 1.13. The first-order valence-corrected chi connectivity index (χ1v) is 8.69. The second-order valence-electron chi connectivity index (χ2n) is 5.98. The van der Waals surface area contributed by atoms with Gasteiger partial charge in [0.1, 0.15) is 0 Å². The standard InChI is InChI=1S/C17H27BrN2/c1-3-20(16-7-5-4-6-8-16)17(13(2)19)14-9-11-15(18)12-10-14/h9-13,16-17H,3-8,19H2,1-2H3. The lowest BCUT2D eigenvalue weighted by Gasteiger charge is -2.41. The molecule has 1 aromatic rings. The van der Waals surface area contributed by atoms with Crippen molar-refractivity contribution in [2.45, 2.75) is 64.1 Å². The van der Waals surface area contributed by atoms with Crippen LogP contribution < -0.4 is 5.73 Å². The maximum Gasteiger partial charge on any atom is 0.0499 e. The molecule has 1 aliphatic carbocycles. The number of rotatable bonds is 5. The second-order valence-corrected chi connectivity index (χ2v) is 6.89. The molecule has 0 aromatic heterocycles. The molecule has 2 unspecified atom stereocenters. The van der Waals surface area contributed by atoms with E-state index in [1.807, 2.05) is 0 Å². The van der Waals surface area contributed by atoms with Gasteiger partial charge in [-0.05, 0) is 44.0 Å². The lowest BCUT2D eigenvalue weighted by atomic mass is 9.90. The predicted molar refractivity (Wildman–Crippen MR) is 89.8 cm³/mol. The van der Waals surface area contributed by atoms with Crippen LogP contribution in [0.4, 0.5) is 0 Å². The topological polar surface area (TPSA) is 29.3 Å². The van der Waals surface area contributed by atoms with Crippen LogP contribution in [0.25, 0.3) is 0 Å². The Bertz CT molecular complexity index is 396. The molecule has 1 aliphatic rings. The van der Waals surface area contributed by atoms with Crippen molar-refractivity contribution in [3.63, 3.8) is 0 Å². The average molecular weight is 339 g/mol. The van der Waals surface area contributed by atoms with Crippen molar-refractivity contribution in [2.75, 3.05) is 6.54 Å². The zero-order valence-corrected chi connectivity index (χ0v) is 14.3. The van der Waals surface area contributed by atoms with E-state index in [0.717, 1.165) is 11.0 Å². The Balaban J connectivity index is 2.22. The largest absolute Gasteiger partial charge is 0.326 e. The van der Waals surface area contributed by atoms with Gasteiger partial charge in [-0.2, -0.15) is 0 Å². The van der Waals surface area contributed by atoms with Crippen LogP contribution in [0.1, 0.15) is 57.6 Å². The minimum absolute atomic E-state index is 0.151. The van der Waals surface area contributed by atoms with Crippen LogP contribution in [0.3, 0.4) is 0 Å². The van der Waals surface area contributed by atoms with Crippen LogP contribution in [0.2, 0.25) is 0 Å². The highest BCUT2D eigenvalue weighted by Gasteiger charge is 2.29. The van der Waals surface area contributed by atoms with Gasteiger partial charge in [-0.1, -0.05) is 54.2 Å². The van der Waals surface area contributed by atoms with E-state index in [9.17, 15) is 0 Å². The van der Waals surface area contributed by atoms with E-state index in [-0.39, 0.29) is 6.04 Å². The number of likely N-dealkylation sites (N-methyl/N-ethyl adjacent to an activating group) is 1. The number of nitrogens with zero attached hydrogens (tertiary/aromatic N) is 1. The first kappa shape index (κ1) is 16.0. The Labute approximate surface area is 131 Å². The van der Waals surface area contributed by atoms with Crippen molar-refractivity contribution in [1.82, 2.24) is 4.90 Å². The maximum absolute atomic E-state index is 6.34. The predicted octanol–water partition coefficient (Wildman–Crippen LogP) is 4.49. The molecule has 2 nitrogen and oxygen atoms in total. The van der Waals surface area contributed by atoms with Gasteiger partial charge in [0, 0.05) is 22.6 Å². The smallest absolute Gasteiger partial charge is 0.0499 e. The summed E-state index contributed by atoms with van der Waals surface area (Å²) in [5.41, 5.74) is 7.68. The van der Waals surface area contributed by atoms with Crippen molar-refractivity contribution < 1.29 is 0 Å². The van der Waals surface area contributed by atoms with Gasteiger partial charge in [-0.3, -0.25) is 4.90 Å². The molecule has 3 heteroatoms. The summed E-state index contributed by atoms with van der Waals surface area (Å²) in [7, 11) is 0. The minimum atomic E-state index is 0.151. The van der Waals surface area contributed by atoms with E-state index in [1.165, 1.54) is 37.7 Å². The molecule has 112 valence electrons. The van der Waals surface area contributed by atoms with Gasteiger partial charge in [0.05, 0.1) is 0 Å². The molecule has 1 aromatic carbocycles. The maximum atomic E-state index is 6.34. The van der Waals surface area contributed by atoms with E-state index in [2.05, 4.69) is 58.9 Å². The third kappa shape index (κ3) is 3.84. The molecular formula is C17H27BrN2. The van der Waals surface area contributed by atoms with Crippen LogP contribution in [-0.4, -0.2) is 23.5 Å². The Hall–Kier alpha value is -0.380. The van der Waals surface area contributed by atoms with E-state index in [4.69, 9.17) is 5.73 Å². The van der Waals surface area contributed by atoms with Crippen molar-refractivity contribution in [1.29, 1.82) is 0 Å². The SMILES string of the molecule is CCN(C1CCCCC1)C(c1ccc(Br)cc1)C(C)N. The molecule has 20 heavy (non-hydrogen) atoms. The summed E-state index contributed by atoms with van der Waals surface area (Å²) in [4.78, 5) is 2.63. The lowest BCUT2D eigenvalue weighted by Crippen LogP contribution is -2.45. The van der Waals surface area contributed by atoms with E-state index in [0.29, 0.717) is 12.1 Å². The monoisotopic (exact) mass is 338 g/mol. The van der Waals surface area contributed by atoms with Gasteiger partial charge < -0.3 is 5.73 Å². The molecule has 0 bridgehead atoms. The zero-order chi connectivity index (χ0) is 14.5. The number of nitrogens with two attached hydrogens (primary N) is 1. The van der Waals surface area contributed by atoms with Crippen LogP contribution >= 0.6 is 15.9 Å². The van der Waals surface area contributed by atoms with Crippen molar-refractivity contribution >= 4 is 15.9 Å². The van der Waals surface area contributed by atoms with Gasteiger partial charge in [0.25, 0.3) is 0 Å². The Kier molecular flexibility index (Phi) is 6.06. The van der Waals surface area contributed by atoms with Gasteiger partial charge in [0.2, 0.25) is 0 Å². The lowest BCUT2D eigenvalue weighted by molar-refractivity contribution is 0.0974. The summed E-state index contributed by atoms with van der Waals surface area (Å²) in [6.45, 7) is 5.48. The first-order chi connectivity index (χ1) is 9.63. The highest BCUT2D eigenvalue weighted by Crippen LogP contribution is 2.32. The second kappa shape index (κ2) is 7.58. The van der Waals surface area contributed by atoms with E-state index < -0.39 is 0 Å². The molecule has 0 radical (unpaired) electrons. The third-order valence-corrected chi connectivity index (χ3v) is 5.00. The summed E-state index contributed by atoms with van der Waals surface area (Å²) in [6.07, 6.45) is 6.79. The van der Waals surface area contributed by atoms with Gasteiger partial charge in [-0.15, -0.1) is 0 Å². The van der Waals surface area contributed by atoms with Crippen LogP contribution in [0, 0.1) is 0 Å². The molecule has 2 N–H and O–H groups in total. The summed E-state index contributed by atoms with van der Waals surface area (Å²) in [6, 6.07) is 9.86. The molecule has 0 heterocycles. The highest BCUT2D eigenvalue weighted by atomic mass is 79.9. The fourth-order valence-corrected chi connectivity index (χ4v) is 3.82. The van der Waals surface area contributed by atoms with E-state index >= 15 is 0 Å². The molecule has 0 saturated heterocycles. The Morgan fingerprint density at radius 2 is 1.80 bits per heavy atom. The molecule has 0 amide bonds. The van der Waals surface area contributed by atoms with Crippen LogP contribution in [-0.2, 0) is 0 Å². The average Bonchev–Trinajstić information content (AvgIpc) is 2.46. The number of hydrogen-bond donors (Lipinski definition) is 1. The quantitative estimate of drug-likeness (QED) is 0.856. The fourth-order valence-electron chi connectivity index (χ4n) is 3.55. The Morgan fingerprint density at radius 3 is 2.30 bits per heavy atom. The zero-order valence-electron chi connectivity index (χ0n) is 12.7. The normalized spacial score (nSPS) is 20.1. The number of benzene rings is 1. The van der Waals surface area contributed by atoms with E-state index in [1.54, 1.807) is 0 Å². The van der Waals surface area contributed by atoms with Gasteiger partial charge >= 0.3 is 0 Å². The van der Waals surface area contributed by atoms with Gasteiger partial charge in [0.15, 0.2) is 0 Å². The van der Waals surface area contributed by atoms with Crippen molar-refractivity contribution in [3.05, 3.63) is 34.3 Å². The summed E-state index contributed by atoms with van der Waals surface area (Å²) in [5.74, 6) is 0. The molecule has 0 spiro atoms. The Morgan fingerprint density at radius 1 is 1.20 bits per heavy atom. The highest BCUT2D eigenvalue weighted by molar-refractivity contribution is 9.10. The number of halogens is 1. The third-order valence-electron chi connectivity index (χ3n) is 4.48. The molecular weight excluding hydrogens is 312 g/mol. The fraction of sp³-hybridized carbons (Fsp3) is 0.647. The van der Waals surface area contributed by atoms with Crippen LogP contribution in [0.15, 0.2) is 28.7 Å². The molecule has 0 aliphatic heterocycles. The molecule has 1 saturated carbocycles. The van der Waals surface area contributed by atoms with Crippen molar-refractivity contribution in [3.8, 4) is 0 Å². The van der Waals surface area contributed by atoms with Crippen molar-refractivity contribution in [2.24, 2.45) is 5.73 Å². The summed E-state index contributed by atoms with van der Waals surface area (Å²) >= 11 is 3.52. The first-order valence-electron chi connectivity index (χ1n) is 7.90. The summed E-state index contributed by atoms with van der Waals surface area (Å²) in [5, 5.41) is 0. The molecule has 2 rings (SSSR count). The minimum Gasteiger partial charge on any atom is -0.326 e. The number of hydrogen-bond acceptors (Lipinski definition) is 2. The molecule has 2 atom stereocenters. The van der Waals surface area contributed by atoms with Crippen LogP contribution in [0.5, 0.6) is 0 Å². The van der Waals surface area contributed by atoms with Gasteiger partial charge in [-0.25, -0.2) is 0 Å². The molecule has 1 fully saturated rings.